The summed E-state index contributed by atoms with van der Waals surface area (Å²) in [5.41, 5.74) is 0.0876. The summed E-state index contributed by atoms with van der Waals surface area (Å²) in [5.74, 6) is -2.31. The molecular formula is C18H23NO9. The molecule has 0 radical (unpaired) electrons. The van der Waals surface area contributed by atoms with Crippen LogP contribution in [0.2, 0.25) is 0 Å². The number of ether oxygens (including phenoxy) is 6. The van der Waals surface area contributed by atoms with E-state index in [9.17, 15) is 10.0 Å². The van der Waals surface area contributed by atoms with E-state index in [1.165, 1.54) is 24.3 Å². The Kier molecular flexibility index (Phi) is 4.72. The van der Waals surface area contributed by atoms with Gasteiger partial charge in [-0.1, -0.05) is 0 Å². The van der Waals surface area contributed by atoms with Crippen molar-refractivity contribution in [2.75, 3.05) is 0 Å². The van der Waals surface area contributed by atoms with E-state index in [1.54, 1.807) is 27.7 Å². The SMILES string of the molecule is CC1(C)O[C@H]2[C@@H](O1)[C@@H](C(=O)Oc1ccc([NH+]([O-])O)cc1)O[C@@H]1OC(C)(C)O[C@@H]12. The van der Waals surface area contributed by atoms with Crippen molar-refractivity contribution in [3.63, 3.8) is 0 Å². The lowest BCUT2D eigenvalue weighted by Gasteiger charge is -2.35. The Morgan fingerprint density at radius 1 is 1.00 bits per heavy atom. The van der Waals surface area contributed by atoms with Crippen LogP contribution in [-0.4, -0.2) is 53.5 Å². The molecule has 1 unspecified atom stereocenters. The van der Waals surface area contributed by atoms with Crippen LogP contribution in [0.4, 0.5) is 5.69 Å². The number of rotatable bonds is 3. The summed E-state index contributed by atoms with van der Waals surface area (Å²) in [6.07, 6.45) is -3.74. The van der Waals surface area contributed by atoms with Crippen molar-refractivity contribution in [2.45, 2.75) is 70.0 Å². The molecule has 10 heteroatoms. The highest BCUT2D eigenvalue weighted by atomic mass is 16.9. The molecule has 0 saturated carbocycles. The van der Waals surface area contributed by atoms with Gasteiger partial charge >= 0.3 is 5.97 Å². The van der Waals surface area contributed by atoms with Gasteiger partial charge < -0.3 is 33.6 Å². The minimum Gasteiger partial charge on any atom is -0.595 e. The fraction of sp³-hybridized carbons (Fsp3) is 0.611. The van der Waals surface area contributed by atoms with E-state index in [-0.39, 0.29) is 11.4 Å². The van der Waals surface area contributed by atoms with Gasteiger partial charge in [0.05, 0.1) is 0 Å². The number of hydrogen-bond acceptors (Lipinski definition) is 9. The van der Waals surface area contributed by atoms with E-state index in [0.29, 0.717) is 0 Å². The van der Waals surface area contributed by atoms with Crippen molar-refractivity contribution in [2.24, 2.45) is 0 Å². The maximum atomic E-state index is 12.8. The zero-order chi connectivity index (χ0) is 20.3. The van der Waals surface area contributed by atoms with Gasteiger partial charge in [0.1, 0.15) is 24.1 Å². The predicted octanol–water partition coefficient (Wildman–Crippen LogP) is 0.392. The molecule has 3 saturated heterocycles. The maximum absolute atomic E-state index is 12.8. The van der Waals surface area contributed by atoms with Crippen LogP contribution >= 0.6 is 0 Å². The fourth-order valence-corrected chi connectivity index (χ4v) is 3.64. The number of esters is 1. The second kappa shape index (κ2) is 6.71. The second-order valence-corrected chi connectivity index (χ2v) is 7.84. The van der Waals surface area contributed by atoms with Crippen molar-refractivity contribution in [3.05, 3.63) is 29.5 Å². The number of carbonyl (C=O) groups excluding carboxylic acids is 1. The Morgan fingerprint density at radius 2 is 1.57 bits per heavy atom. The Bertz CT molecular complexity index is 748. The molecule has 3 heterocycles. The number of benzene rings is 1. The molecule has 1 aromatic rings. The van der Waals surface area contributed by atoms with E-state index in [4.69, 9.17) is 33.6 Å². The third-order valence-electron chi connectivity index (χ3n) is 4.71. The molecule has 154 valence electrons. The highest BCUT2D eigenvalue weighted by Gasteiger charge is 2.62. The second-order valence-electron chi connectivity index (χ2n) is 7.84. The Balaban J connectivity index is 1.53. The van der Waals surface area contributed by atoms with Gasteiger partial charge in [-0.15, -0.1) is 0 Å². The predicted molar refractivity (Wildman–Crippen MR) is 90.4 cm³/mol. The fourth-order valence-electron chi connectivity index (χ4n) is 3.64. The van der Waals surface area contributed by atoms with Crippen LogP contribution < -0.4 is 9.96 Å². The summed E-state index contributed by atoms with van der Waals surface area (Å²) < 4.78 is 34.7. The Labute approximate surface area is 161 Å². The molecule has 0 bridgehead atoms. The maximum Gasteiger partial charge on any atom is 0.343 e. The van der Waals surface area contributed by atoms with Gasteiger partial charge in [-0.2, -0.15) is 5.23 Å². The molecule has 3 aliphatic rings. The first-order valence-corrected chi connectivity index (χ1v) is 8.96. The number of quaternary nitrogens is 1. The Hall–Kier alpha value is -1.63. The topological polar surface area (TPSA) is 120 Å². The van der Waals surface area contributed by atoms with Crippen LogP contribution in [0.3, 0.4) is 0 Å². The van der Waals surface area contributed by atoms with Crippen LogP contribution in [0, 0.1) is 5.21 Å². The molecular weight excluding hydrogens is 374 g/mol. The zero-order valence-electron chi connectivity index (χ0n) is 15.9. The molecule has 3 aliphatic heterocycles. The van der Waals surface area contributed by atoms with Crippen molar-refractivity contribution >= 4 is 11.7 Å². The van der Waals surface area contributed by atoms with Gasteiger partial charge in [0, 0.05) is 12.1 Å². The zero-order valence-corrected chi connectivity index (χ0v) is 15.9. The first-order chi connectivity index (χ1) is 13.0. The molecule has 0 amide bonds. The number of hydrogen-bond donors (Lipinski definition) is 2. The normalized spacial score (nSPS) is 36.4. The van der Waals surface area contributed by atoms with E-state index in [1.807, 2.05) is 0 Å². The molecule has 10 nitrogen and oxygen atoms in total. The van der Waals surface area contributed by atoms with Crippen LogP contribution in [0.5, 0.6) is 5.75 Å². The minimum absolute atomic E-state index is 0.0876. The first kappa shape index (κ1) is 19.7. The monoisotopic (exact) mass is 397 g/mol. The van der Waals surface area contributed by atoms with E-state index >= 15 is 0 Å². The molecule has 6 atom stereocenters. The van der Waals surface area contributed by atoms with Gasteiger partial charge in [0.2, 0.25) is 0 Å². The lowest BCUT2D eigenvalue weighted by molar-refractivity contribution is -0.991. The largest absolute Gasteiger partial charge is 0.595 e. The average molecular weight is 397 g/mol. The van der Waals surface area contributed by atoms with Crippen LogP contribution in [-0.2, 0) is 28.5 Å². The molecule has 0 aromatic heterocycles. The van der Waals surface area contributed by atoms with Gasteiger partial charge in [-0.3, -0.25) is 0 Å². The van der Waals surface area contributed by atoms with Crippen molar-refractivity contribution < 1.29 is 43.6 Å². The minimum atomic E-state index is -1.09. The van der Waals surface area contributed by atoms with Crippen molar-refractivity contribution in [3.8, 4) is 5.75 Å². The molecule has 28 heavy (non-hydrogen) atoms. The highest BCUT2D eigenvalue weighted by Crippen LogP contribution is 2.44. The Morgan fingerprint density at radius 3 is 2.21 bits per heavy atom. The third-order valence-corrected chi connectivity index (χ3v) is 4.71. The summed E-state index contributed by atoms with van der Waals surface area (Å²) in [4.78, 5) is 12.8. The van der Waals surface area contributed by atoms with Crippen molar-refractivity contribution in [1.82, 2.24) is 0 Å². The third kappa shape index (κ3) is 3.65. The molecule has 4 rings (SSSR count). The lowest BCUT2D eigenvalue weighted by Crippen LogP contribution is -2.99. The standard InChI is InChI=1S/C18H23NO9/c1-17(2)25-11-12(26-17)14-16(28-18(3,4)27-14)24-13(11)15(20)23-10-7-5-9(6-8-10)19(21)22/h5-8,11-14,16,19,21H,1-4H3/t11-,12+,13+,14-,16-/m1/s1. The van der Waals surface area contributed by atoms with Crippen LogP contribution in [0.1, 0.15) is 27.7 Å². The molecule has 3 fully saturated rings. The number of carbonyl (C=O) groups is 1. The molecule has 1 aromatic carbocycles. The summed E-state index contributed by atoms with van der Waals surface area (Å²) in [7, 11) is 0. The summed E-state index contributed by atoms with van der Waals surface area (Å²) >= 11 is 0. The average Bonchev–Trinajstić information content (AvgIpc) is 3.08. The summed E-state index contributed by atoms with van der Waals surface area (Å²) in [6, 6.07) is 5.50. The van der Waals surface area contributed by atoms with Gasteiger partial charge in [0.15, 0.2) is 29.7 Å². The van der Waals surface area contributed by atoms with Gasteiger partial charge in [-0.25, -0.2) is 10.0 Å². The lowest BCUT2D eigenvalue weighted by atomic mass is 9.99. The smallest absolute Gasteiger partial charge is 0.343 e. The quantitative estimate of drug-likeness (QED) is 0.424. The van der Waals surface area contributed by atoms with E-state index in [0.717, 1.165) is 0 Å². The van der Waals surface area contributed by atoms with Crippen molar-refractivity contribution in [1.29, 1.82) is 0 Å². The highest BCUT2D eigenvalue weighted by molar-refractivity contribution is 5.78. The molecule has 0 aliphatic carbocycles. The molecule has 2 N–H and O–H groups in total. The van der Waals surface area contributed by atoms with Gasteiger partial charge in [0.25, 0.3) is 0 Å². The van der Waals surface area contributed by atoms with Crippen LogP contribution in [0.25, 0.3) is 0 Å². The van der Waals surface area contributed by atoms with E-state index < -0.39 is 53.5 Å². The van der Waals surface area contributed by atoms with Gasteiger partial charge in [-0.05, 0) is 39.8 Å². The van der Waals surface area contributed by atoms with E-state index in [2.05, 4.69) is 0 Å². The number of nitrogens with one attached hydrogen (secondary N) is 1. The number of fused-ring (bicyclic) bond motifs is 3. The summed E-state index contributed by atoms with van der Waals surface area (Å²) in [5, 5.41) is 18.8. The molecule has 0 spiro atoms. The first-order valence-electron chi connectivity index (χ1n) is 8.96. The summed E-state index contributed by atoms with van der Waals surface area (Å²) in [6.45, 7) is 6.99. The van der Waals surface area contributed by atoms with Crippen LogP contribution in [0.15, 0.2) is 24.3 Å².